The summed E-state index contributed by atoms with van der Waals surface area (Å²) in [6.07, 6.45) is 0. The molecular weight excluding hydrogens is 482 g/mol. The molecule has 0 unspecified atom stereocenters. The van der Waals surface area contributed by atoms with Crippen LogP contribution in [0.4, 0.5) is 5.82 Å². The molecule has 2 N–H and O–H groups in total. The molecule has 5 aromatic rings. The maximum Gasteiger partial charge on any atom is 0.332 e. The highest BCUT2D eigenvalue weighted by Gasteiger charge is 2.23. The Kier molecular flexibility index (Phi) is 5.59. The first kappa shape index (κ1) is 23.3. The van der Waals surface area contributed by atoms with Crippen LogP contribution in [0.5, 0.6) is 0 Å². The van der Waals surface area contributed by atoms with E-state index in [0.29, 0.717) is 21.7 Å². The van der Waals surface area contributed by atoms with Crippen LogP contribution in [0.25, 0.3) is 22.4 Å². The van der Waals surface area contributed by atoms with Crippen molar-refractivity contribution in [3.8, 4) is 5.69 Å². The van der Waals surface area contributed by atoms with Gasteiger partial charge in [-0.2, -0.15) is 0 Å². The van der Waals surface area contributed by atoms with Gasteiger partial charge in [0.15, 0.2) is 10.9 Å². The van der Waals surface area contributed by atoms with E-state index in [1.807, 2.05) is 31.2 Å². The van der Waals surface area contributed by atoms with Gasteiger partial charge in [0.2, 0.25) is 5.78 Å². The van der Waals surface area contributed by atoms with Crippen molar-refractivity contribution in [2.45, 2.75) is 12.1 Å². The topological polar surface area (TPSA) is 139 Å². The molecule has 0 fully saturated rings. The molecule has 0 spiro atoms. The Balaban J connectivity index is 1.64. The van der Waals surface area contributed by atoms with Gasteiger partial charge in [0, 0.05) is 14.1 Å². The summed E-state index contributed by atoms with van der Waals surface area (Å²) < 4.78 is 5.09. The Hall–Kier alpha value is -4.45. The fourth-order valence-electron chi connectivity index (χ4n) is 4.10. The molecule has 36 heavy (non-hydrogen) atoms. The molecular formula is C24H21N7O4S. The van der Waals surface area contributed by atoms with Crippen molar-refractivity contribution in [2.24, 2.45) is 14.1 Å². The maximum atomic E-state index is 13.4. The van der Waals surface area contributed by atoms with Crippen LogP contribution in [0.15, 0.2) is 68.1 Å². The number of anilines is 1. The minimum atomic E-state index is -0.758. The first-order chi connectivity index (χ1) is 17.2. The molecule has 0 aliphatic rings. The smallest absolute Gasteiger partial charge is 0.332 e. The first-order valence-electron chi connectivity index (χ1n) is 10.9. The molecule has 3 aromatic heterocycles. The molecule has 0 saturated carbocycles. The van der Waals surface area contributed by atoms with Gasteiger partial charge in [0.05, 0.1) is 22.3 Å². The molecule has 0 bridgehead atoms. The zero-order valence-electron chi connectivity index (χ0n) is 19.6. The number of carbonyl (C=O) groups excluding carboxylic acids is 1. The molecule has 0 saturated heterocycles. The molecule has 0 radical (unpaired) electrons. The highest BCUT2D eigenvalue weighted by molar-refractivity contribution is 7.99. The molecule has 182 valence electrons. The van der Waals surface area contributed by atoms with Crippen molar-refractivity contribution in [1.29, 1.82) is 0 Å². The van der Waals surface area contributed by atoms with Crippen molar-refractivity contribution in [3.05, 3.63) is 90.8 Å². The van der Waals surface area contributed by atoms with Crippen LogP contribution >= 0.6 is 11.8 Å². The first-order valence-corrected chi connectivity index (χ1v) is 11.9. The number of ketones is 1. The molecule has 12 heteroatoms. The molecule has 11 nitrogen and oxygen atoms in total. The largest absolute Gasteiger partial charge is 0.384 e. The fraction of sp³-hybridized carbons (Fsp3) is 0.167. The Labute approximate surface area is 207 Å². The molecule has 0 amide bonds. The lowest BCUT2D eigenvalue weighted by atomic mass is 10.2. The average molecular weight is 504 g/mol. The fourth-order valence-corrected chi connectivity index (χ4v) is 4.91. The summed E-state index contributed by atoms with van der Waals surface area (Å²) in [7, 11) is 2.68. The molecule has 5 rings (SSSR count). The normalized spacial score (nSPS) is 11.4. The molecule has 2 aromatic carbocycles. The number of nitrogens with zero attached hydrogens (tertiary/aromatic N) is 6. The number of aromatic nitrogens is 6. The molecule has 0 aliphatic carbocycles. The summed E-state index contributed by atoms with van der Waals surface area (Å²) in [4.78, 5) is 51.1. The molecule has 0 aliphatic heterocycles. The van der Waals surface area contributed by atoms with Crippen LogP contribution in [0.3, 0.4) is 0 Å². The van der Waals surface area contributed by atoms with E-state index in [4.69, 9.17) is 5.73 Å². The van der Waals surface area contributed by atoms with Gasteiger partial charge in [-0.05, 0) is 36.8 Å². The lowest BCUT2D eigenvalue weighted by Gasteiger charge is -2.12. The number of nitrogen functional groups attached to an aromatic ring is 1. The van der Waals surface area contributed by atoms with E-state index in [1.54, 1.807) is 28.7 Å². The van der Waals surface area contributed by atoms with Crippen LogP contribution in [-0.2, 0) is 14.1 Å². The van der Waals surface area contributed by atoms with E-state index in [9.17, 15) is 19.2 Å². The number of nitrogens with two attached hydrogens (primary N) is 1. The summed E-state index contributed by atoms with van der Waals surface area (Å²) in [6, 6.07) is 14.5. The van der Waals surface area contributed by atoms with Crippen molar-refractivity contribution in [1.82, 2.24) is 28.3 Å². The van der Waals surface area contributed by atoms with Gasteiger partial charge in [0.1, 0.15) is 11.4 Å². The minimum Gasteiger partial charge on any atom is -0.384 e. The van der Waals surface area contributed by atoms with Crippen LogP contribution in [0.1, 0.15) is 15.9 Å². The van der Waals surface area contributed by atoms with Gasteiger partial charge in [0.25, 0.3) is 11.1 Å². The van der Waals surface area contributed by atoms with Gasteiger partial charge in [-0.3, -0.25) is 27.9 Å². The van der Waals surface area contributed by atoms with Gasteiger partial charge >= 0.3 is 5.69 Å². The number of hydrogen-bond donors (Lipinski definition) is 1. The lowest BCUT2D eigenvalue weighted by Crippen LogP contribution is -2.41. The van der Waals surface area contributed by atoms with Crippen molar-refractivity contribution in [3.63, 3.8) is 0 Å². The molecule has 3 heterocycles. The molecule has 0 atom stereocenters. The predicted octanol–water partition coefficient (Wildman–Crippen LogP) is 1.30. The van der Waals surface area contributed by atoms with E-state index < -0.39 is 17.0 Å². The van der Waals surface area contributed by atoms with Crippen LogP contribution in [-0.4, -0.2) is 39.8 Å². The van der Waals surface area contributed by atoms with Crippen molar-refractivity contribution >= 4 is 40.0 Å². The quantitative estimate of drug-likeness (QED) is 0.280. The lowest BCUT2D eigenvalue weighted by molar-refractivity contribution is 0.102. The number of aryl methyl sites for hydroxylation is 1. The Morgan fingerprint density at radius 3 is 2.47 bits per heavy atom. The number of Topliss-reactive ketones (excluding diaryl/α,β-unsaturated/α-hetero) is 1. The van der Waals surface area contributed by atoms with Gasteiger partial charge in [-0.1, -0.05) is 36.0 Å². The summed E-state index contributed by atoms with van der Waals surface area (Å²) >= 11 is 1.05. The average Bonchev–Trinajstić information content (AvgIpc) is 3.29. The van der Waals surface area contributed by atoms with Crippen molar-refractivity contribution in [2.75, 3.05) is 11.5 Å². The van der Waals surface area contributed by atoms with E-state index in [2.05, 4.69) is 10.2 Å². The van der Waals surface area contributed by atoms with E-state index in [0.717, 1.165) is 26.5 Å². The van der Waals surface area contributed by atoms with E-state index in [1.165, 1.54) is 18.7 Å². The maximum absolute atomic E-state index is 13.4. The van der Waals surface area contributed by atoms with Gasteiger partial charge in [-0.25, -0.2) is 9.36 Å². The number of carbonyl (C=O) groups is 1. The number of rotatable bonds is 5. The number of thioether (sulfide) groups is 1. The van der Waals surface area contributed by atoms with Gasteiger partial charge < -0.3 is 5.73 Å². The summed E-state index contributed by atoms with van der Waals surface area (Å²) in [5.74, 6) is -0.645. The van der Waals surface area contributed by atoms with Crippen molar-refractivity contribution < 1.29 is 4.79 Å². The van der Waals surface area contributed by atoms with Crippen LogP contribution in [0.2, 0.25) is 0 Å². The zero-order valence-corrected chi connectivity index (χ0v) is 20.4. The number of hydrogen-bond acceptors (Lipinski definition) is 8. The third-order valence-electron chi connectivity index (χ3n) is 5.98. The van der Waals surface area contributed by atoms with Crippen LogP contribution < -0.4 is 22.5 Å². The number of fused-ring (bicyclic) bond motifs is 3. The van der Waals surface area contributed by atoms with Crippen LogP contribution in [0, 0.1) is 6.92 Å². The van der Waals surface area contributed by atoms with E-state index >= 15 is 0 Å². The Bertz CT molecular complexity index is 1880. The second kappa shape index (κ2) is 8.64. The SMILES string of the molecule is Cc1cccc(-n2c(=O)c3ccccc3n3c(SCC(=O)c4c(N)n(C)c(=O)n(C)c4=O)nnc23)c1. The predicted molar refractivity (Wildman–Crippen MR) is 137 cm³/mol. The second-order valence-corrected chi connectivity index (χ2v) is 9.24. The summed E-state index contributed by atoms with van der Waals surface area (Å²) in [5.41, 5.74) is 6.24. The Morgan fingerprint density at radius 2 is 1.72 bits per heavy atom. The number of para-hydroxylation sites is 1. The van der Waals surface area contributed by atoms with E-state index in [-0.39, 0.29) is 28.5 Å². The highest BCUT2D eigenvalue weighted by atomic mass is 32.2. The third kappa shape index (κ3) is 3.53. The standard InChI is InChI=1S/C24H21N7O4S/c1-13-7-6-8-14(11-13)30-20(33)15-9-4-5-10-16(15)31-22(30)26-27-23(31)36-12-17(32)18-19(25)28(2)24(35)29(3)21(18)34/h4-11H,12,25H2,1-3H3. The Morgan fingerprint density at radius 1 is 0.972 bits per heavy atom. The summed E-state index contributed by atoms with van der Waals surface area (Å²) in [5, 5.41) is 9.33. The van der Waals surface area contributed by atoms with Gasteiger partial charge in [-0.15, -0.1) is 10.2 Å². The minimum absolute atomic E-state index is 0.184. The zero-order chi connectivity index (χ0) is 25.7. The monoisotopic (exact) mass is 503 g/mol. The highest BCUT2D eigenvalue weighted by Crippen LogP contribution is 2.24. The third-order valence-corrected chi connectivity index (χ3v) is 6.90. The summed E-state index contributed by atoms with van der Waals surface area (Å²) in [6.45, 7) is 1.93. The second-order valence-electron chi connectivity index (χ2n) is 8.29. The number of benzene rings is 2.